The topological polar surface area (TPSA) is 17.0 Å². The molecule has 98 valence electrons. The van der Waals surface area contributed by atoms with Crippen LogP contribution >= 0.6 is 0 Å². The molecule has 0 fully saturated rings. The lowest BCUT2D eigenvalue weighted by Gasteiger charge is -2.21. The molecular weight excluding hydrogens is 208 g/mol. The van der Waals surface area contributed by atoms with E-state index in [0.29, 0.717) is 12.0 Å². The highest BCUT2D eigenvalue weighted by molar-refractivity contribution is 5.16. The maximum absolute atomic E-state index is 3.64. The van der Waals surface area contributed by atoms with Gasteiger partial charge in [-0.25, -0.2) is 0 Å². The van der Waals surface area contributed by atoms with E-state index in [9.17, 15) is 0 Å². The Morgan fingerprint density at radius 3 is 2.59 bits per heavy atom. The van der Waals surface area contributed by atoms with Crippen molar-refractivity contribution in [3.8, 4) is 0 Å². The molecule has 0 aromatic carbocycles. The molecule has 1 aromatic rings. The van der Waals surface area contributed by atoms with Crippen molar-refractivity contribution < 1.29 is 0 Å². The Morgan fingerprint density at radius 2 is 2.00 bits per heavy atom. The first-order valence-electron chi connectivity index (χ1n) is 7.08. The fourth-order valence-corrected chi connectivity index (χ4v) is 2.16. The molecule has 17 heavy (non-hydrogen) atoms. The molecular formula is C15H28N2. The third-order valence-electron chi connectivity index (χ3n) is 3.18. The van der Waals surface area contributed by atoms with Crippen molar-refractivity contribution in [3.63, 3.8) is 0 Å². The summed E-state index contributed by atoms with van der Waals surface area (Å²) >= 11 is 0. The van der Waals surface area contributed by atoms with Gasteiger partial charge in [0.15, 0.2) is 0 Å². The van der Waals surface area contributed by atoms with Crippen molar-refractivity contribution in [2.75, 3.05) is 6.54 Å². The molecule has 2 nitrogen and oxygen atoms in total. The molecule has 1 heterocycles. The highest BCUT2D eigenvalue weighted by Crippen LogP contribution is 2.22. The number of unbranched alkanes of at least 4 members (excludes halogenated alkanes) is 1. The van der Waals surface area contributed by atoms with Crippen LogP contribution in [0.25, 0.3) is 0 Å². The molecule has 1 aromatic heterocycles. The van der Waals surface area contributed by atoms with Crippen LogP contribution in [-0.2, 0) is 6.54 Å². The monoisotopic (exact) mass is 236 g/mol. The normalized spacial score (nSPS) is 13.2. The van der Waals surface area contributed by atoms with Crippen molar-refractivity contribution in [3.05, 3.63) is 24.0 Å². The number of hydrogen-bond acceptors (Lipinski definition) is 1. The molecule has 0 saturated carbocycles. The first-order chi connectivity index (χ1) is 8.19. The van der Waals surface area contributed by atoms with E-state index in [-0.39, 0.29) is 0 Å². The Labute approximate surface area is 106 Å². The van der Waals surface area contributed by atoms with Crippen molar-refractivity contribution in [1.29, 1.82) is 0 Å². The van der Waals surface area contributed by atoms with Crippen molar-refractivity contribution in [2.24, 2.45) is 5.92 Å². The maximum Gasteiger partial charge on any atom is 0.0358 e. The zero-order chi connectivity index (χ0) is 12.7. The van der Waals surface area contributed by atoms with Crippen LogP contribution in [0, 0.1) is 5.92 Å². The standard InChI is InChI=1S/C15H28N2/c1-5-7-10-17-11-8-14(12-17)15(13(3)4)16-9-6-2/h8,11-13,15-16H,5-7,9-10H2,1-4H3. The minimum atomic E-state index is 0.498. The van der Waals surface area contributed by atoms with Gasteiger partial charge in [-0.05, 0) is 36.9 Å². The quantitative estimate of drug-likeness (QED) is 0.722. The van der Waals surface area contributed by atoms with Crippen LogP contribution in [0.5, 0.6) is 0 Å². The van der Waals surface area contributed by atoms with E-state index in [1.807, 2.05) is 0 Å². The van der Waals surface area contributed by atoms with Crippen LogP contribution < -0.4 is 5.32 Å². The molecule has 1 unspecified atom stereocenters. The van der Waals surface area contributed by atoms with Gasteiger partial charge >= 0.3 is 0 Å². The van der Waals surface area contributed by atoms with Crippen LogP contribution in [0.15, 0.2) is 18.5 Å². The third kappa shape index (κ3) is 4.55. The van der Waals surface area contributed by atoms with E-state index in [0.717, 1.165) is 13.1 Å². The maximum atomic E-state index is 3.64. The molecule has 1 atom stereocenters. The molecule has 0 aliphatic rings. The van der Waals surface area contributed by atoms with Gasteiger partial charge < -0.3 is 9.88 Å². The van der Waals surface area contributed by atoms with Crippen molar-refractivity contribution in [1.82, 2.24) is 9.88 Å². The van der Waals surface area contributed by atoms with Gasteiger partial charge in [0.1, 0.15) is 0 Å². The number of nitrogens with one attached hydrogen (secondary N) is 1. The summed E-state index contributed by atoms with van der Waals surface area (Å²) in [5, 5.41) is 3.64. The summed E-state index contributed by atoms with van der Waals surface area (Å²) in [5.41, 5.74) is 1.43. The first kappa shape index (κ1) is 14.3. The molecule has 0 aliphatic heterocycles. The van der Waals surface area contributed by atoms with Gasteiger partial charge in [0.2, 0.25) is 0 Å². The highest BCUT2D eigenvalue weighted by Gasteiger charge is 2.15. The zero-order valence-corrected chi connectivity index (χ0v) is 11.9. The minimum Gasteiger partial charge on any atom is -0.354 e. The summed E-state index contributed by atoms with van der Waals surface area (Å²) < 4.78 is 2.32. The predicted molar refractivity (Wildman–Crippen MR) is 75.2 cm³/mol. The largest absolute Gasteiger partial charge is 0.354 e. The summed E-state index contributed by atoms with van der Waals surface area (Å²) in [7, 11) is 0. The highest BCUT2D eigenvalue weighted by atomic mass is 15.0. The summed E-state index contributed by atoms with van der Waals surface area (Å²) in [6.45, 7) is 11.3. The van der Waals surface area contributed by atoms with Crippen LogP contribution in [0.3, 0.4) is 0 Å². The third-order valence-corrected chi connectivity index (χ3v) is 3.18. The van der Waals surface area contributed by atoms with E-state index in [1.54, 1.807) is 0 Å². The van der Waals surface area contributed by atoms with Crippen molar-refractivity contribution >= 4 is 0 Å². The SMILES string of the molecule is CCCCn1ccc(C(NCCC)C(C)C)c1. The summed E-state index contributed by atoms with van der Waals surface area (Å²) in [6.07, 6.45) is 8.24. The average Bonchev–Trinajstić information content (AvgIpc) is 2.75. The second-order valence-corrected chi connectivity index (χ2v) is 5.21. The van der Waals surface area contributed by atoms with Crippen LogP contribution in [0.4, 0.5) is 0 Å². The van der Waals surface area contributed by atoms with E-state index in [1.165, 1.54) is 24.8 Å². The van der Waals surface area contributed by atoms with E-state index >= 15 is 0 Å². The fraction of sp³-hybridized carbons (Fsp3) is 0.733. The lowest BCUT2D eigenvalue weighted by atomic mass is 9.98. The molecule has 0 aliphatic carbocycles. The van der Waals surface area contributed by atoms with Gasteiger partial charge in [-0.2, -0.15) is 0 Å². The number of rotatable bonds is 8. The van der Waals surface area contributed by atoms with Crippen molar-refractivity contribution in [2.45, 2.75) is 59.5 Å². The molecule has 0 radical (unpaired) electrons. The molecule has 1 rings (SSSR count). The zero-order valence-electron chi connectivity index (χ0n) is 11.9. The predicted octanol–water partition coefficient (Wildman–Crippen LogP) is 3.98. The molecule has 0 spiro atoms. The van der Waals surface area contributed by atoms with Crippen LogP contribution in [-0.4, -0.2) is 11.1 Å². The Morgan fingerprint density at radius 1 is 1.24 bits per heavy atom. The van der Waals surface area contributed by atoms with Crippen LogP contribution in [0.1, 0.15) is 58.6 Å². The smallest absolute Gasteiger partial charge is 0.0358 e. The summed E-state index contributed by atoms with van der Waals surface area (Å²) in [5.74, 6) is 0.642. The summed E-state index contributed by atoms with van der Waals surface area (Å²) in [6, 6.07) is 2.76. The Balaban J connectivity index is 2.63. The molecule has 0 saturated heterocycles. The second kappa shape index (κ2) is 7.54. The van der Waals surface area contributed by atoms with E-state index in [2.05, 4.69) is 56.0 Å². The number of hydrogen-bond donors (Lipinski definition) is 1. The Kier molecular flexibility index (Phi) is 6.35. The number of nitrogens with zero attached hydrogens (tertiary/aromatic N) is 1. The minimum absolute atomic E-state index is 0.498. The van der Waals surface area contributed by atoms with Gasteiger partial charge in [0, 0.05) is 25.0 Å². The molecule has 2 heteroatoms. The lowest BCUT2D eigenvalue weighted by Crippen LogP contribution is -2.26. The summed E-state index contributed by atoms with van der Waals surface area (Å²) in [4.78, 5) is 0. The van der Waals surface area contributed by atoms with E-state index < -0.39 is 0 Å². The van der Waals surface area contributed by atoms with Gasteiger partial charge in [-0.15, -0.1) is 0 Å². The average molecular weight is 236 g/mol. The van der Waals surface area contributed by atoms with Gasteiger partial charge in [0.05, 0.1) is 0 Å². The molecule has 0 amide bonds. The number of aromatic nitrogens is 1. The number of aryl methyl sites for hydroxylation is 1. The van der Waals surface area contributed by atoms with E-state index in [4.69, 9.17) is 0 Å². The van der Waals surface area contributed by atoms with Gasteiger partial charge in [0.25, 0.3) is 0 Å². The lowest BCUT2D eigenvalue weighted by molar-refractivity contribution is 0.412. The van der Waals surface area contributed by atoms with Gasteiger partial charge in [-0.3, -0.25) is 0 Å². The molecule has 1 N–H and O–H groups in total. The molecule has 0 bridgehead atoms. The second-order valence-electron chi connectivity index (χ2n) is 5.21. The Bertz CT molecular complexity index is 302. The Hall–Kier alpha value is -0.760. The fourth-order valence-electron chi connectivity index (χ4n) is 2.16. The van der Waals surface area contributed by atoms with Crippen LogP contribution in [0.2, 0.25) is 0 Å². The first-order valence-corrected chi connectivity index (χ1v) is 7.08. The van der Waals surface area contributed by atoms with Gasteiger partial charge in [-0.1, -0.05) is 34.1 Å².